The summed E-state index contributed by atoms with van der Waals surface area (Å²) in [5, 5.41) is -0.262. The summed E-state index contributed by atoms with van der Waals surface area (Å²) in [6, 6.07) is 12.2. The van der Waals surface area contributed by atoms with E-state index in [-0.39, 0.29) is 0 Å². The van der Waals surface area contributed by atoms with Crippen LogP contribution < -0.4 is 0 Å². The molecule has 0 N–H and O–H groups in total. The van der Waals surface area contributed by atoms with E-state index in [1.165, 1.54) is 0 Å². The fraction of sp³-hybridized carbons (Fsp3) is 0.0588. The van der Waals surface area contributed by atoms with Crippen LogP contribution in [0.1, 0.15) is 26.5 Å². The van der Waals surface area contributed by atoms with Crippen LogP contribution in [0.3, 0.4) is 0 Å². The van der Waals surface area contributed by atoms with Crippen molar-refractivity contribution in [3.63, 3.8) is 0 Å². The number of carbonyl (C=O) groups is 2. The molecule has 0 aliphatic heterocycles. The van der Waals surface area contributed by atoms with Gasteiger partial charge in [-0.2, -0.15) is 0 Å². The second-order valence-corrected chi connectivity index (χ2v) is 5.57. The van der Waals surface area contributed by atoms with E-state index in [2.05, 4.69) is 0 Å². The quantitative estimate of drug-likeness (QED) is 0.622. The third kappa shape index (κ3) is 2.54. The zero-order chi connectivity index (χ0) is 15.9. The molecule has 0 radical (unpaired) electrons. The number of aryl methyl sites for hydroxylation is 1. The Morgan fingerprint density at radius 3 is 2.23 bits per heavy atom. The van der Waals surface area contributed by atoms with Gasteiger partial charge in [-0.25, -0.2) is 0 Å². The molecule has 2 aromatic carbocycles. The lowest BCUT2D eigenvalue weighted by atomic mass is 9.99. The third-order valence-electron chi connectivity index (χ3n) is 3.44. The predicted octanol–water partition coefficient (Wildman–Crippen LogP) is 5.17. The Hall–Kier alpha value is -2.10. The number of carbonyl (C=O) groups excluding carboxylic acids is 2. The van der Waals surface area contributed by atoms with Crippen molar-refractivity contribution in [1.29, 1.82) is 0 Å². The average molecular weight is 333 g/mol. The van der Waals surface area contributed by atoms with Crippen LogP contribution in [0, 0.1) is 6.92 Å². The first-order valence-corrected chi connectivity index (χ1v) is 7.26. The first-order chi connectivity index (χ1) is 10.5. The minimum absolute atomic E-state index is 0.334. The maximum absolute atomic E-state index is 11.5. The second kappa shape index (κ2) is 5.59. The summed E-state index contributed by atoms with van der Waals surface area (Å²) in [7, 11) is 0. The lowest BCUT2D eigenvalue weighted by Crippen LogP contribution is -1.91. The van der Waals surface area contributed by atoms with Crippen LogP contribution in [0.4, 0.5) is 0 Å². The molecule has 0 bridgehead atoms. The summed E-state index contributed by atoms with van der Waals surface area (Å²) in [6.07, 6.45) is 0. The monoisotopic (exact) mass is 332 g/mol. The van der Waals surface area contributed by atoms with Gasteiger partial charge in [0.15, 0.2) is 0 Å². The molecule has 0 spiro atoms. The molecule has 0 atom stereocenters. The van der Waals surface area contributed by atoms with Gasteiger partial charge in [0, 0.05) is 10.9 Å². The van der Waals surface area contributed by atoms with Gasteiger partial charge in [-0.1, -0.05) is 18.2 Å². The van der Waals surface area contributed by atoms with Crippen molar-refractivity contribution < 1.29 is 14.0 Å². The molecular formula is C17H10Cl2O3. The van der Waals surface area contributed by atoms with Crippen molar-refractivity contribution in [2.75, 3.05) is 0 Å². The van der Waals surface area contributed by atoms with Gasteiger partial charge < -0.3 is 4.42 Å². The van der Waals surface area contributed by atoms with E-state index >= 15 is 0 Å². The molecule has 0 amide bonds. The molecule has 0 unspecified atom stereocenters. The summed E-state index contributed by atoms with van der Waals surface area (Å²) in [5.41, 5.74) is 3.01. The van der Waals surface area contributed by atoms with Gasteiger partial charge in [0.25, 0.3) is 10.5 Å². The van der Waals surface area contributed by atoms with Crippen molar-refractivity contribution in [2.45, 2.75) is 6.92 Å². The number of rotatable bonds is 3. The van der Waals surface area contributed by atoms with Crippen molar-refractivity contribution in [3.05, 3.63) is 59.4 Å². The van der Waals surface area contributed by atoms with Gasteiger partial charge in [-0.05, 0) is 65.5 Å². The first kappa shape index (κ1) is 14.8. The molecule has 22 heavy (non-hydrogen) atoms. The average Bonchev–Trinajstić information content (AvgIpc) is 2.87. The normalized spacial score (nSPS) is 10.9. The Morgan fingerprint density at radius 1 is 0.955 bits per heavy atom. The van der Waals surface area contributed by atoms with E-state index in [1.807, 2.05) is 19.1 Å². The number of halogens is 2. The highest BCUT2D eigenvalue weighted by atomic mass is 35.5. The largest absolute Gasteiger partial charge is 0.461 e. The molecule has 3 rings (SSSR count). The number of hydrogen-bond acceptors (Lipinski definition) is 3. The van der Waals surface area contributed by atoms with Gasteiger partial charge in [-0.3, -0.25) is 9.59 Å². The van der Waals surface area contributed by atoms with E-state index in [0.29, 0.717) is 22.5 Å². The number of furan rings is 1. The van der Waals surface area contributed by atoms with E-state index in [9.17, 15) is 9.59 Å². The molecule has 0 saturated heterocycles. The van der Waals surface area contributed by atoms with Gasteiger partial charge >= 0.3 is 0 Å². The Labute approximate surface area is 136 Å². The van der Waals surface area contributed by atoms with Crippen LogP contribution in [0.25, 0.3) is 22.1 Å². The van der Waals surface area contributed by atoms with E-state index < -0.39 is 10.5 Å². The molecule has 0 aliphatic rings. The maximum Gasteiger partial charge on any atom is 0.256 e. The maximum atomic E-state index is 11.5. The lowest BCUT2D eigenvalue weighted by molar-refractivity contribution is 0.107. The Balaban J connectivity index is 2.21. The molecule has 5 heteroatoms. The predicted molar refractivity (Wildman–Crippen MR) is 86.8 cm³/mol. The van der Waals surface area contributed by atoms with Crippen LogP contribution in [0.15, 0.2) is 46.9 Å². The Kier molecular flexibility index (Phi) is 3.77. The van der Waals surface area contributed by atoms with Crippen LogP contribution >= 0.6 is 23.2 Å². The highest BCUT2D eigenvalue weighted by Crippen LogP contribution is 2.34. The third-order valence-corrected chi connectivity index (χ3v) is 3.86. The summed E-state index contributed by atoms with van der Waals surface area (Å²) >= 11 is 11.0. The van der Waals surface area contributed by atoms with E-state index in [1.54, 1.807) is 30.3 Å². The van der Waals surface area contributed by atoms with Crippen LogP contribution in [-0.4, -0.2) is 10.5 Å². The van der Waals surface area contributed by atoms with Crippen molar-refractivity contribution in [1.82, 2.24) is 0 Å². The molecule has 1 aromatic heterocycles. The minimum Gasteiger partial charge on any atom is -0.461 e. The summed E-state index contributed by atoms with van der Waals surface area (Å²) in [4.78, 5) is 22.6. The first-order valence-electron chi connectivity index (χ1n) is 6.50. The SMILES string of the molecule is Cc1cc2c(-c3ccc(C(=O)Cl)cc3)ccc(C(=O)Cl)c2o1. The summed E-state index contributed by atoms with van der Waals surface area (Å²) < 4.78 is 5.60. The van der Waals surface area contributed by atoms with Gasteiger partial charge in [0.05, 0.1) is 5.56 Å². The topological polar surface area (TPSA) is 47.3 Å². The fourth-order valence-corrected chi connectivity index (χ4v) is 2.71. The summed E-state index contributed by atoms with van der Waals surface area (Å²) in [6.45, 7) is 1.81. The van der Waals surface area contributed by atoms with E-state index in [4.69, 9.17) is 27.6 Å². The molecule has 0 saturated carbocycles. The zero-order valence-corrected chi connectivity index (χ0v) is 13.0. The lowest BCUT2D eigenvalue weighted by Gasteiger charge is -2.05. The Morgan fingerprint density at radius 2 is 1.64 bits per heavy atom. The minimum atomic E-state index is -0.561. The highest BCUT2D eigenvalue weighted by Gasteiger charge is 2.16. The standard InChI is InChI=1S/C17H10Cl2O3/c1-9-8-14-12(6-7-13(17(19)21)15(14)22-9)10-2-4-11(5-3-10)16(18)20/h2-8H,1H3. The molecule has 3 nitrogen and oxygen atoms in total. The van der Waals surface area contributed by atoms with Crippen LogP contribution in [0.2, 0.25) is 0 Å². The summed E-state index contributed by atoms with van der Waals surface area (Å²) in [5.74, 6) is 0.689. The molecule has 110 valence electrons. The molecule has 1 heterocycles. The second-order valence-electron chi connectivity index (χ2n) is 4.89. The number of hydrogen-bond donors (Lipinski definition) is 0. The molecule has 0 aliphatic carbocycles. The fourth-order valence-electron chi connectivity index (χ4n) is 2.43. The highest BCUT2D eigenvalue weighted by molar-refractivity contribution is 6.68. The molecular weight excluding hydrogens is 323 g/mol. The van der Waals surface area contributed by atoms with Crippen molar-refractivity contribution >= 4 is 44.7 Å². The van der Waals surface area contributed by atoms with Gasteiger partial charge in [0.2, 0.25) is 0 Å². The molecule has 3 aromatic rings. The van der Waals surface area contributed by atoms with E-state index in [0.717, 1.165) is 16.5 Å². The number of benzene rings is 2. The Bertz CT molecular complexity index is 892. The van der Waals surface area contributed by atoms with Crippen molar-refractivity contribution in [2.24, 2.45) is 0 Å². The van der Waals surface area contributed by atoms with Gasteiger partial charge in [-0.15, -0.1) is 0 Å². The zero-order valence-electron chi connectivity index (χ0n) is 11.5. The van der Waals surface area contributed by atoms with Crippen LogP contribution in [-0.2, 0) is 0 Å². The van der Waals surface area contributed by atoms with Crippen LogP contribution in [0.5, 0.6) is 0 Å². The smallest absolute Gasteiger partial charge is 0.256 e. The van der Waals surface area contributed by atoms with Gasteiger partial charge in [0.1, 0.15) is 11.3 Å². The number of fused-ring (bicyclic) bond motifs is 1. The molecule has 0 fully saturated rings. The van der Waals surface area contributed by atoms with Crippen molar-refractivity contribution in [3.8, 4) is 11.1 Å².